The third kappa shape index (κ3) is 6.67. The molecule has 6 nitrogen and oxygen atoms in total. The van der Waals surface area contributed by atoms with Crippen LogP contribution in [0, 0.1) is 0 Å². The fourth-order valence-corrected chi connectivity index (χ4v) is 5.01. The summed E-state index contributed by atoms with van der Waals surface area (Å²) in [5.74, 6) is -0.0788. The molecular formula is C27H21Cl3N2O4S. The van der Waals surface area contributed by atoms with Crippen molar-refractivity contribution in [3.63, 3.8) is 0 Å². The molecule has 0 radical (unpaired) electrons. The van der Waals surface area contributed by atoms with Gasteiger partial charge in [-0.2, -0.15) is 0 Å². The first-order valence-electron chi connectivity index (χ1n) is 11.1. The third-order valence-electron chi connectivity index (χ3n) is 5.26. The SMILES string of the molecule is CCOC(=O)c1ccc(N=C2SC(=Cc3ccc(OCc4ccc(Cl)cc4Cl)c(Cl)c3)C(=O)N2C)cc1. The summed E-state index contributed by atoms with van der Waals surface area (Å²) in [7, 11) is 1.66. The number of carbonyl (C=O) groups is 2. The van der Waals surface area contributed by atoms with E-state index >= 15 is 0 Å². The van der Waals surface area contributed by atoms with Crippen LogP contribution in [-0.4, -0.2) is 35.6 Å². The molecule has 3 aromatic rings. The first-order valence-corrected chi connectivity index (χ1v) is 13.1. The Balaban J connectivity index is 1.46. The van der Waals surface area contributed by atoms with E-state index in [-0.39, 0.29) is 12.5 Å². The van der Waals surface area contributed by atoms with Crippen LogP contribution in [0.2, 0.25) is 15.1 Å². The monoisotopic (exact) mass is 574 g/mol. The molecule has 1 amide bonds. The standard InChI is InChI=1S/C27H21Cl3N2O4S/c1-3-35-26(34)17-6-9-20(10-7-17)31-27-32(2)25(33)24(37-27)13-16-4-11-23(22(30)12-16)36-15-18-5-8-19(28)14-21(18)29/h4-14H,3,15H2,1-2H3. The Hall–Kier alpha value is -2.97. The van der Waals surface area contributed by atoms with Gasteiger partial charge in [-0.25, -0.2) is 9.79 Å². The summed E-state index contributed by atoms with van der Waals surface area (Å²) in [6.07, 6.45) is 1.75. The number of aliphatic imine (C=N–C) groups is 1. The van der Waals surface area contributed by atoms with E-state index in [0.29, 0.717) is 48.7 Å². The Morgan fingerprint density at radius 2 is 1.78 bits per heavy atom. The molecule has 3 aromatic carbocycles. The largest absolute Gasteiger partial charge is 0.487 e. The van der Waals surface area contributed by atoms with Crippen LogP contribution in [0.5, 0.6) is 5.75 Å². The Morgan fingerprint density at radius 3 is 2.46 bits per heavy atom. The summed E-state index contributed by atoms with van der Waals surface area (Å²) in [6.45, 7) is 2.29. The van der Waals surface area contributed by atoms with Crippen molar-refractivity contribution in [2.45, 2.75) is 13.5 Å². The minimum Gasteiger partial charge on any atom is -0.487 e. The predicted octanol–water partition coefficient (Wildman–Crippen LogP) is 7.64. The van der Waals surface area contributed by atoms with Crippen molar-refractivity contribution >= 4 is 75.4 Å². The molecule has 10 heteroatoms. The van der Waals surface area contributed by atoms with Gasteiger partial charge in [0.05, 0.1) is 27.8 Å². The number of rotatable bonds is 7. The molecular weight excluding hydrogens is 555 g/mol. The number of likely N-dealkylation sites (N-methyl/N-ethyl adjacent to an activating group) is 1. The summed E-state index contributed by atoms with van der Waals surface area (Å²) in [4.78, 5) is 31.2. The smallest absolute Gasteiger partial charge is 0.338 e. The number of ether oxygens (including phenoxy) is 2. The molecule has 1 aliphatic rings. The molecule has 1 aliphatic heterocycles. The van der Waals surface area contributed by atoms with Crippen LogP contribution < -0.4 is 4.74 Å². The van der Waals surface area contributed by atoms with Gasteiger partial charge in [0.1, 0.15) is 12.4 Å². The van der Waals surface area contributed by atoms with E-state index in [0.717, 1.165) is 11.1 Å². The number of hydrogen-bond donors (Lipinski definition) is 0. The van der Waals surface area contributed by atoms with Crippen molar-refractivity contribution in [1.29, 1.82) is 0 Å². The van der Waals surface area contributed by atoms with Crippen LogP contribution in [0.4, 0.5) is 5.69 Å². The maximum atomic E-state index is 12.8. The lowest BCUT2D eigenvalue weighted by molar-refractivity contribution is -0.121. The van der Waals surface area contributed by atoms with Gasteiger partial charge in [-0.1, -0.05) is 46.9 Å². The Bertz CT molecular complexity index is 1410. The number of halogens is 3. The fourth-order valence-electron chi connectivity index (χ4n) is 3.32. The van der Waals surface area contributed by atoms with E-state index in [1.54, 1.807) is 74.6 Å². The minimum atomic E-state index is -0.390. The van der Waals surface area contributed by atoms with E-state index in [9.17, 15) is 9.59 Å². The van der Waals surface area contributed by atoms with E-state index in [1.165, 1.54) is 16.7 Å². The molecule has 0 saturated carbocycles. The van der Waals surface area contributed by atoms with Gasteiger partial charge >= 0.3 is 5.97 Å². The van der Waals surface area contributed by atoms with Crippen molar-refractivity contribution in [2.24, 2.45) is 4.99 Å². The van der Waals surface area contributed by atoms with Gasteiger partial charge < -0.3 is 9.47 Å². The number of thioether (sulfide) groups is 1. The molecule has 0 N–H and O–H groups in total. The number of benzene rings is 3. The zero-order valence-electron chi connectivity index (χ0n) is 19.8. The van der Waals surface area contributed by atoms with Gasteiger partial charge in [0.25, 0.3) is 5.91 Å². The molecule has 1 fully saturated rings. The van der Waals surface area contributed by atoms with Crippen molar-refractivity contribution in [3.8, 4) is 5.75 Å². The lowest BCUT2D eigenvalue weighted by Gasteiger charge is -2.10. The second-order valence-electron chi connectivity index (χ2n) is 7.85. The summed E-state index contributed by atoms with van der Waals surface area (Å²) < 4.78 is 10.8. The average Bonchev–Trinajstić information content (AvgIpc) is 3.12. The quantitative estimate of drug-likeness (QED) is 0.214. The zero-order chi connectivity index (χ0) is 26.5. The molecule has 0 aliphatic carbocycles. The topological polar surface area (TPSA) is 68.2 Å². The highest BCUT2D eigenvalue weighted by molar-refractivity contribution is 8.18. The minimum absolute atomic E-state index is 0.180. The number of hydrogen-bond acceptors (Lipinski definition) is 6. The molecule has 0 bridgehead atoms. The normalized spacial score (nSPS) is 15.5. The fraction of sp³-hybridized carbons (Fsp3) is 0.148. The van der Waals surface area contributed by atoms with E-state index in [1.807, 2.05) is 6.07 Å². The van der Waals surface area contributed by atoms with Crippen LogP contribution in [0.15, 0.2) is 70.6 Å². The maximum absolute atomic E-state index is 12.8. The first kappa shape index (κ1) is 27.1. The molecule has 0 unspecified atom stereocenters. The molecule has 0 aromatic heterocycles. The maximum Gasteiger partial charge on any atom is 0.338 e. The Kier molecular flexibility index (Phi) is 8.82. The summed E-state index contributed by atoms with van der Waals surface area (Å²) in [5, 5.41) is 1.98. The Morgan fingerprint density at radius 1 is 1.03 bits per heavy atom. The second kappa shape index (κ2) is 12.0. The highest BCUT2D eigenvalue weighted by Gasteiger charge is 2.30. The van der Waals surface area contributed by atoms with Crippen LogP contribution in [0.1, 0.15) is 28.4 Å². The molecule has 0 spiro atoms. The molecule has 37 heavy (non-hydrogen) atoms. The van der Waals surface area contributed by atoms with E-state index in [4.69, 9.17) is 44.3 Å². The van der Waals surface area contributed by atoms with Gasteiger partial charge in [0.15, 0.2) is 5.17 Å². The average molecular weight is 576 g/mol. The van der Waals surface area contributed by atoms with Crippen molar-refractivity contribution in [2.75, 3.05) is 13.7 Å². The first-order chi connectivity index (χ1) is 17.7. The van der Waals surface area contributed by atoms with Crippen LogP contribution >= 0.6 is 46.6 Å². The van der Waals surface area contributed by atoms with Crippen LogP contribution in [0.25, 0.3) is 6.08 Å². The van der Waals surface area contributed by atoms with Crippen LogP contribution in [-0.2, 0) is 16.1 Å². The number of amides is 1. The summed E-state index contributed by atoms with van der Waals surface area (Å²) in [6, 6.07) is 17.2. The molecule has 4 rings (SSSR count). The summed E-state index contributed by atoms with van der Waals surface area (Å²) in [5.41, 5.74) is 2.58. The van der Waals surface area contributed by atoms with Gasteiger partial charge in [0.2, 0.25) is 0 Å². The highest BCUT2D eigenvalue weighted by Crippen LogP contribution is 2.35. The van der Waals surface area contributed by atoms with Gasteiger partial charge in [0, 0.05) is 22.7 Å². The molecule has 190 valence electrons. The zero-order valence-corrected chi connectivity index (χ0v) is 22.9. The highest BCUT2D eigenvalue weighted by atomic mass is 35.5. The molecule has 0 atom stereocenters. The van der Waals surface area contributed by atoms with Gasteiger partial charge in [-0.3, -0.25) is 9.69 Å². The van der Waals surface area contributed by atoms with Gasteiger partial charge in [-0.15, -0.1) is 0 Å². The third-order valence-corrected chi connectivity index (χ3v) is 7.20. The lowest BCUT2D eigenvalue weighted by Crippen LogP contribution is -2.23. The van der Waals surface area contributed by atoms with Crippen molar-refractivity contribution in [3.05, 3.63) is 97.3 Å². The second-order valence-corrected chi connectivity index (χ2v) is 10.1. The molecule has 1 saturated heterocycles. The predicted molar refractivity (Wildman–Crippen MR) is 150 cm³/mol. The Labute approximate surface area is 233 Å². The molecule has 1 heterocycles. The van der Waals surface area contributed by atoms with E-state index in [2.05, 4.69) is 4.99 Å². The van der Waals surface area contributed by atoms with Gasteiger partial charge in [-0.05, 0) is 78.9 Å². The number of esters is 1. The van der Waals surface area contributed by atoms with E-state index < -0.39 is 5.97 Å². The van der Waals surface area contributed by atoms with Crippen molar-refractivity contribution < 1.29 is 19.1 Å². The van der Waals surface area contributed by atoms with Crippen LogP contribution in [0.3, 0.4) is 0 Å². The number of carbonyl (C=O) groups excluding carboxylic acids is 2. The lowest BCUT2D eigenvalue weighted by atomic mass is 10.2. The summed E-state index contributed by atoms with van der Waals surface area (Å²) >= 11 is 19.8. The number of amidine groups is 1. The number of nitrogens with zero attached hydrogens (tertiary/aromatic N) is 2. The van der Waals surface area contributed by atoms with Crippen molar-refractivity contribution in [1.82, 2.24) is 4.90 Å².